The van der Waals surface area contributed by atoms with Gasteiger partial charge < -0.3 is 20.4 Å². The Bertz CT molecular complexity index is 638. The summed E-state index contributed by atoms with van der Waals surface area (Å²) in [5, 5.41) is 8.59. The van der Waals surface area contributed by atoms with Crippen molar-refractivity contribution in [3.05, 3.63) is 48.4 Å². The van der Waals surface area contributed by atoms with Crippen LogP contribution in [0.5, 0.6) is 0 Å². The monoisotopic (exact) mass is 315 g/mol. The molecule has 122 valence electrons. The van der Waals surface area contributed by atoms with Gasteiger partial charge in [-0.2, -0.15) is 0 Å². The number of hydrogen-bond acceptors (Lipinski definition) is 4. The van der Waals surface area contributed by atoms with E-state index in [-0.39, 0.29) is 24.1 Å². The zero-order valence-electron chi connectivity index (χ0n) is 13.1. The summed E-state index contributed by atoms with van der Waals surface area (Å²) < 4.78 is 5.04. The summed E-state index contributed by atoms with van der Waals surface area (Å²) in [7, 11) is 0. The summed E-state index contributed by atoms with van der Waals surface area (Å²) in [5.74, 6) is -0.213. The third kappa shape index (κ3) is 5.60. The first kappa shape index (κ1) is 16.8. The van der Waals surface area contributed by atoms with E-state index in [9.17, 15) is 9.59 Å². The molecule has 0 unspecified atom stereocenters. The molecule has 0 spiro atoms. The SMILES string of the molecule is CCCCNCC(=O)Nc1cccc(NC(=O)c2ccco2)c1. The maximum atomic E-state index is 11.9. The normalized spacial score (nSPS) is 10.3. The smallest absolute Gasteiger partial charge is 0.291 e. The fourth-order valence-corrected chi connectivity index (χ4v) is 1.98. The van der Waals surface area contributed by atoms with Crippen LogP contribution in [0.15, 0.2) is 47.1 Å². The fraction of sp³-hybridized carbons (Fsp3) is 0.294. The number of amides is 2. The minimum atomic E-state index is -0.334. The van der Waals surface area contributed by atoms with E-state index in [1.807, 2.05) is 0 Å². The molecule has 0 aliphatic heterocycles. The topological polar surface area (TPSA) is 83.4 Å². The minimum absolute atomic E-state index is 0.115. The number of anilines is 2. The molecule has 1 heterocycles. The molecule has 0 saturated carbocycles. The van der Waals surface area contributed by atoms with Crippen molar-refractivity contribution in [2.24, 2.45) is 0 Å². The molecule has 0 atom stereocenters. The van der Waals surface area contributed by atoms with Crippen LogP contribution < -0.4 is 16.0 Å². The van der Waals surface area contributed by atoms with Gasteiger partial charge in [-0.1, -0.05) is 19.4 Å². The summed E-state index contributed by atoms with van der Waals surface area (Å²) in [6, 6.07) is 10.2. The molecule has 3 N–H and O–H groups in total. The molecule has 0 saturated heterocycles. The van der Waals surface area contributed by atoms with Crippen molar-refractivity contribution in [3.63, 3.8) is 0 Å². The number of benzene rings is 1. The van der Waals surface area contributed by atoms with Crippen molar-refractivity contribution < 1.29 is 14.0 Å². The van der Waals surface area contributed by atoms with Gasteiger partial charge in [0.05, 0.1) is 12.8 Å². The minimum Gasteiger partial charge on any atom is -0.459 e. The molecular formula is C17H21N3O3. The van der Waals surface area contributed by atoms with Crippen LogP contribution in [0.25, 0.3) is 0 Å². The third-order valence-corrected chi connectivity index (χ3v) is 3.14. The van der Waals surface area contributed by atoms with Crippen LogP contribution >= 0.6 is 0 Å². The number of furan rings is 1. The Balaban J connectivity index is 1.87. The van der Waals surface area contributed by atoms with Gasteiger partial charge in [0.15, 0.2) is 5.76 Å². The summed E-state index contributed by atoms with van der Waals surface area (Å²) in [5.41, 5.74) is 1.22. The van der Waals surface area contributed by atoms with Crippen LogP contribution in [0.3, 0.4) is 0 Å². The van der Waals surface area contributed by atoms with E-state index in [0.29, 0.717) is 11.4 Å². The quantitative estimate of drug-likeness (QED) is 0.654. The van der Waals surface area contributed by atoms with Gasteiger partial charge in [-0.25, -0.2) is 0 Å². The van der Waals surface area contributed by atoms with Crippen LogP contribution in [0, 0.1) is 0 Å². The van der Waals surface area contributed by atoms with Crippen LogP contribution in [0.4, 0.5) is 11.4 Å². The van der Waals surface area contributed by atoms with Crippen molar-refractivity contribution in [2.75, 3.05) is 23.7 Å². The van der Waals surface area contributed by atoms with E-state index in [4.69, 9.17) is 4.42 Å². The second kappa shape index (κ2) is 8.75. The highest BCUT2D eigenvalue weighted by Crippen LogP contribution is 2.16. The predicted molar refractivity (Wildman–Crippen MR) is 89.5 cm³/mol. The number of nitrogens with one attached hydrogen (secondary N) is 3. The van der Waals surface area contributed by atoms with Gasteiger partial charge in [0, 0.05) is 11.4 Å². The number of carbonyl (C=O) groups excluding carboxylic acids is 2. The molecule has 0 fully saturated rings. The van der Waals surface area contributed by atoms with E-state index in [0.717, 1.165) is 19.4 Å². The second-order valence-corrected chi connectivity index (χ2v) is 5.09. The molecule has 2 aromatic rings. The van der Waals surface area contributed by atoms with Crippen LogP contribution in [-0.4, -0.2) is 24.9 Å². The number of unbranched alkanes of at least 4 members (excludes halogenated alkanes) is 1. The average molecular weight is 315 g/mol. The van der Waals surface area contributed by atoms with Gasteiger partial charge in [0.25, 0.3) is 5.91 Å². The summed E-state index contributed by atoms with van der Waals surface area (Å²) in [6.45, 7) is 3.19. The molecule has 0 radical (unpaired) electrons. The Labute approximate surface area is 135 Å². The maximum absolute atomic E-state index is 11.9. The molecule has 6 heteroatoms. The van der Waals surface area contributed by atoms with Crippen LogP contribution in [-0.2, 0) is 4.79 Å². The van der Waals surface area contributed by atoms with Gasteiger partial charge >= 0.3 is 0 Å². The lowest BCUT2D eigenvalue weighted by molar-refractivity contribution is -0.115. The fourth-order valence-electron chi connectivity index (χ4n) is 1.98. The highest BCUT2D eigenvalue weighted by molar-refractivity contribution is 6.02. The van der Waals surface area contributed by atoms with E-state index < -0.39 is 0 Å². The van der Waals surface area contributed by atoms with E-state index >= 15 is 0 Å². The number of carbonyl (C=O) groups is 2. The lowest BCUT2D eigenvalue weighted by Gasteiger charge is -2.09. The van der Waals surface area contributed by atoms with Crippen LogP contribution in [0.2, 0.25) is 0 Å². The zero-order chi connectivity index (χ0) is 16.5. The first-order valence-electron chi connectivity index (χ1n) is 7.64. The zero-order valence-corrected chi connectivity index (χ0v) is 13.1. The molecule has 0 aliphatic carbocycles. The highest BCUT2D eigenvalue weighted by Gasteiger charge is 2.09. The van der Waals surface area contributed by atoms with Crippen molar-refractivity contribution in [1.29, 1.82) is 0 Å². The molecule has 6 nitrogen and oxygen atoms in total. The van der Waals surface area contributed by atoms with Gasteiger partial charge in [-0.3, -0.25) is 9.59 Å². The third-order valence-electron chi connectivity index (χ3n) is 3.14. The Morgan fingerprint density at radius 2 is 1.87 bits per heavy atom. The van der Waals surface area contributed by atoms with Crippen molar-refractivity contribution >= 4 is 23.2 Å². The van der Waals surface area contributed by atoms with Gasteiger partial charge in [0.2, 0.25) is 5.91 Å². The maximum Gasteiger partial charge on any atom is 0.291 e. The first-order valence-corrected chi connectivity index (χ1v) is 7.64. The molecular weight excluding hydrogens is 294 g/mol. The molecule has 0 aliphatic rings. The van der Waals surface area contributed by atoms with Crippen molar-refractivity contribution in [2.45, 2.75) is 19.8 Å². The Hall–Kier alpha value is -2.60. The molecule has 2 amide bonds. The Kier molecular flexibility index (Phi) is 6.38. The van der Waals surface area contributed by atoms with Crippen molar-refractivity contribution in [1.82, 2.24) is 5.32 Å². The summed E-state index contributed by atoms with van der Waals surface area (Å²) in [4.78, 5) is 23.7. The number of hydrogen-bond donors (Lipinski definition) is 3. The summed E-state index contributed by atoms with van der Waals surface area (Å²) in [6.07, 6.45) is 3.57. The molecule has 23 heavy (non-hydrogen) atoms. The van der Waals surface area contributed by atoms with E-state index in [1.165, 1.54) is 6.26 Å². The van der Waals surface area contributed by atoms with Gasteiger partial charge in [0.1, 0.15) is 0 Å². The highest BCUT2D eigenvalue weighted by atomic mass is 16.3. The molecule has 0 bridgehead atoms. The van der Waals surface area contributed by atoms with Gasteiger partial charge in [-0.15, -0.1) is 0 Å². The van der Waals surface area contributed by atoms with Gasteiger partial charge in [-0.05, 0) is 43.3 Å². The second-order valence-electron chi connectivity index (χ2n) is 5.09. The lowest BCUT2D eigenvalue weighted by Crippen LogP contribution is -2.28. The first-order chi connectivity index (χ1) is 11.2. The predicted octanol–water partition coefficient (Wildman–Crippen LogP) is 2.86. The standard InChI is InChI=1S/C17H21N3O3/c1-2-3-9-18-12-16(21)19-13-6-4-7-14(11-13)20-17(22)15-8-5-10-23-15/h4-8,10-11,18H,2-3,9,12H2,1H3,(H,19,21)(H,20,22). The summed E-state index contributed by atoms with van der Waals surface area (Å²) >= 11 is 0. The largest absolute Gasteiger partial charge is 0.459 e. The lowest BCUT2D eigenvalue weighted by atomic mass is 10.2. The Morgan fingerprint density at radius 3 is 2.57 bits per heavy atom. The molecule has 1 aromatic carbocycles. The van der Waals surface area contributed by atoms with E-state index in [1.54, 1.807) is 36.4 Å². The van der Waals surface area contributed by atoms with Crippen LogP contribution in [0.1, 0.15) is 30.3 Å². The molecule has 2 rings (SSSR count). The average Bonchev–Trinajstić information content (AvgIpc) is 3.06. The van der Waals surface area contributed by atoms with E-state index in [2.05, 4.69) is 22.9 Å². The van der Waals surface area contributed by atoms with Crippen molar-refractivity contribution in [3.8, 4) is 0 Å². The Morgan fingerprint density at radius 1 is 1.09 bits per heavy atom. The number of rotatable bonds is 8. The molecule has 1 aromatic heterocycles.